The van der Waals surface area contributed by atoms with E-state index in [1.54, 1.807) is 18.6 Å². The maximum absolute atomic E-state index is 13.2. The first kappa shape index (κ1) is 11.8. The monoisotopic (exact) mass is 233 g/mol. The highest BCUT2D eigenvalue weighted by atomic mass is 19.1. The van der Waals surface area contributed by atoms with Crippen molar-refractivity contribution in [3.8, 4) is 11.3 Å². The molecule has 3 nitrogen and oxygen atoms in total. The molecule has 2 rings (SSSR count). The zero-order valence-electron chi connectivity index (χ0n) is 10.0. The summed E-state index contributed by atoms with van der Waals surface area (Å²) in [7, 11) is 0. The fraction of sp³-hybridized carbons (Fsp3) is 0.308. The van der Waals surface area contributed by atoms with Crippen molar-refractivity contribution in [1.29, 1.82) is 0 Å². The van der Waals surface area contributed by atoms with Crippen LogP contribution >= 0.6 is 0 Å². The van der Waals surface area contributed by atoms with Gasteiger partial charge in [0.25, 0.3) is 0 Å². The smallest absolute Gasteiger partial charge is 0.123 e. The van der Waals surface area contributed by atoms with Crippen molar-refractivity contribution in [2.24, 2.45) is 5.73 Å². The van der Waals surface area contributed by atoms with Crippen molar-refractivity contribution in [3.63, 3.8) is 0 Å². The first-order valence-electron chi connectivity index (χ1n) is 5.53. The molecule has 0 unspecified atom stereocenters. The quantitative estimate of drug-likeness (QED) is 0.884. The average molecular weight is 233 g/mol. The van der Waals surface area contributed by atoms with Crippen molar-refractivity contribution >= 4 is 0 Å². The molecular weight excluding hydrogens is 217 g/mol. The number of rotatable bonds is 3. The van der Waals surface area contributed by atoms with Crippen LogP contribution in [-0.2, 0) is 5.54 Å². The fourth-order valence-electron chi connectivity index (χ4n) is 1.74. The second-order valence-electron chi connectivity index (χ2n) is 4.68. The van der Waals surface area contributed by atoms with Crippen molar-refractivity contribution < 1.29 is 4.39 Å². The molecule has 0 radical (unpaired) electrons. The Kier molecular flexibility index (Phi) is 2.98. The number of imidazole rings is 1. The molecule has 0 aliphatic rings. The topological polar surface area (TPSA) is 43.8 Å². The van der Waals surface area contributed by atoms with E-state index >= 15 is 0 Å². The zero-order valence-corrected chi connectivity index (χ0v) is 10.0. The normalized spacial score (nSPS) is 11.8. The minimum atomic E-state index is -0.249. The Morgan fingerprint density at radius 2 is 2.18 bits per heavy atom. The number of aromatic nitrogens is 2. The third-order valence-corrected chi connectivity index (χ3v) is 2.91. The second-order valence-corrected chi connectivity index (χ2v) is 4.68. The molecule has 17 heavy (non-hydrogen) atoms. The highest BCUT2D eigenvalue weighted by molar-refractivity contribution is 5.59. The number of nitrogens with two attached hydrogens (primary N) is 1. The van der Waals surface area contributed by atoms with Crippen molar-refractivity contribution in [2.45, 2.75) is 19.4 Å². The van der Waals surface area contributed by atoms with E-state index in [9.17, 15) is 4.39 Å². The summed E-state index contributed by atoms with van der Waals surface area (Å²) in [5.41, 5.74) is 7.20. The molecule has 2 N–H and O–H groups in total. The van der Waals surface area contributed by atoms with Crippen molar-refractivity contribution in [2.75, 3.05) is 6.54 Å². The summed E-state index contributed by atoms with van der Waals surface area (Å²) in [6.45, 7) is 4.54. The third kappa shape index (κ3) is 2.22. The van der Waals surface area contributed by atoms with Crippen molar-refractivity contribution in [1.82, 2.24) is 9.55 Å². The Labute approximate surface area is 100 Å². The molecular formula is C13H16FN3. The molecule has 0 saturated heterocycles. The Morgan fingerprint density at radius 3 is 2.82 bits per heavy atom. The van der Waals surface area contributed by atoms with E-state index in [1.165, 1.54) is 12.1 Å². The first-order valence-corrected chi connectivity index (χ1v) is 5.53. The van der Waals surface area contributed by atoms with Crippen LogP contribution in [-0.4, -0.2) is 16.1 Å². The minimum Gasteiger partial charge on any atom is -0.328 e. The van der Waals surface area contributed by atoms with E-state index in [0.717, 1.165) is 11.3 Å². The summed E-state index contributed by atoms with van der Waals surface area (Å²) in [6.07, 6.45) is 3.46. The van der Waals surface area contributed by atoms with Crippen LogP contribution in [0.15, 0.2) is 36.8 Å². The molecule has 1 heterocycles. The van der Waals surface area contributed by atoms with Gasteiger partial charge >= 0.3 is 0 Å². The molecule has 90 valence electrons. The van der Waals surface area contributed by atoms with E-state index in [4.69, 9.17) is 5.73 Å². The van der Waals surface area contributed by atoms with Gasteiger partial charge in [0.15, 0.2) is 0 Å². The van der Waals surface area contributed by atoms with Crippen molar-refractivity contribution in [3.05, 3.63) is 42.6 Å². The lowest BCUT2D eigenvalue weighted by Gasteiger charge is -2.26. The van der Waals surface area contributed by atoms with E-state index in [-0.39, 0.29) is 11.4 Å². The molecule has 0 spiro atoms. The van der Waals surface area contributed by atoms with Crippen LogP contribution in [0.3, 0.4) is 0 Å². The maximum atomic E-state index is 13.2. The van der Waals surface area contributed by atoms with Crippen LogP contribution in [0.1, 0.15) is 13.8 Å². The van der Waals surface area contributed by atoms with Gasteiger partial charge in [0.1, 0.15) is 5.82 Å². The summed E-state index contributed by atoms with van der Waals surface area (Å²) < 4.78 is 15.2. The highest BCUT2D eigenvalue weighted by Gasteiger charge is 2.21. The van der Waals surface area contributed by atoms with E-state index in [1.807, 2.05) is 24.5 Å². The molecule has 0 saturated carbocycles. The molecule has 1 aromatic carbocycles. The van der Waals surface area contributed by atoms with Gasteiger partial charge < -0.3 is 10.3 Å². The van der Waals surface area contributed by atoms with Crippen LogP contribution < -0.4 is 5.73 Å². The Bertz CT molecular complexity index is 517. The molecule has 2 aromatic rings. The van der Waals surface area contributed by atoms with Gasteiger partial charge in [0.2, 0.25) is 0 Å². The number of hydrogen-bond acceptors (Lipinski definition) is 2. The van der Waals surface area contributed by atoms with Gasteiger partial charge in [-0.25, -0.2) is 9.37 Å². The molecule has 0 amide bonds. The largest absolute Gasteiger partial charge is 0.328 e. The number of benzene rings is 1. The lowest BCUT2D eigenvalue weighted by atomic mass is 10.0. The van der Waals surface area contributed by atoms with Gasteiger partial charge in [-0.1, -0.05) is 12.1 Å². The first-order chi connectivity index (χ1) is 8.04. The Hall–Kier alpha value is -1.68. The standard InChI is InChI=1S/C13H16FN3/c1-13(2,8-15)17-9-16-7-12(17)10-4-3-5-11(14)6-10/h3-7,9H,8,15H2,1-2H3. The minimum absolute atomic E-state index is 0.238. The highest BCUT2D eigenvalue weighted by Crippen LogP contribution is 2.25. The SMILES string of the molecule is CC(C)(CN)n1cncc1-c1cccc(F)c1. The molecule has 0 aliphatic heterocycles. The van der Waals surface area contributed by atoms with E-state index in [2.05, 4.69) is 4.98 Å². The number of nitrogens with zero attached hydrogens (tertiary/aromatic N) is 2. The summed E-state index contributed by atoms with van der Waals surface area (Å²) in [5, 5.41) is 0. The molecule has 0 bridgehead atoms. The molecule has 0 aliphatic carbocycles. The zero-order chi connectivity index (χ0) is 12.5. The van der Waals surface area contributed by atoms with E-state index < -0.39 is 0 Å². The maximum Gasteiger partial charge on any atom is 0.123 e. The lowest BCUT2D eigenvalue weighted by Crippen LogP contribution is -2.34. The van der Waals surface area contributed by atoms with Crippen LogP contribution in [0.4, 0.5) is 4.39 Å². The lowest BCUT2D eigenvalue weighted by molar-refractivity contribution is 0.370. The van der Waals surface area contributed by atoms with Gasteiger partial charge in [-0.2, -0.15) is 0 Å². The summed E-state index contributed by atoms with van der Waals surface area (Å²) in [5.74, 6) is -0.249. The van der Waals surface area contributed by atoms with Crippen LogP contribution in [0.25, 0.3) is 11.3 Å². The number of halogens is 1. The van der Waals surface area contributed by atoms with Gasteiger partial charge in [-0.15, -0.1) is 0 Å². The summed E-state index contributed by atoms with van der Waals surface area (Å²) >= 11 is 0. The molecule has 0 atom stereocenters. The van der Waals surface area contributed by atoms with Gasteiger partial charge in [0, 0.05) is 12.1 Å². The van der Waals surface area contributed by atoms with Gasteiger partial charge in [0.05, 0.1) is 23.8 Å². The second kappa shape index (κ2) is 4.30. The molecule has 1 aromatic heterocycles. The Balaban J connectivity index is 2.51. The van der Waals surface area contributed by atoms with E-state index in [0.29, 0.717) is 6.54 Å². The molecule has 4 heteroatoms. The molecule has 0 fully saturated rings. The predicted molar refractivity (Wildman–Crippen MR) is 66.0 cm³/mol. The predicted octanol–water partition coefficient (Wildman–Crippen LogP) is 2.38. The third-order valence-electron chi connectivity index (χ3n) is 2.91. The van der Waals surface area contributed by atoms with Crippen LogP contribution in [0.2, 0.25) is 0 Å². The van der Waals surface area contributed by atoms with Crippen LogP contribution in [0, 0.1) is 5.82 Å². The average Bonchev–Trinajstić information content (AvgIpc) is 2.78. The fourth-order valence-corrected chi connectivity index (χ4v) is 1.74. The summed E-state index contributed by atoms with van der Waals surface area (Å²) in [6, 6.07) is 6.49. The van der Waals surface area contributed by atoms with Gasteiger partial charge in [-0.3, -0.25) is 0 Å². The van der Waals surface area contributed by atoms with Crippen LogP contribution in [0.5, 0.6) is 0 Å². The summed E-state index contributed by atoms with van der Waals surface area (Å²) in [4.78, 5) is 4.13. The number of hydrogen-bond donors (Lipinski definition) is 1. The van der Waals surface area contributed by atoms with Gasteiger partial charge in [-0.05, 0) is 26.0 Å². The Morgan fingerprint density at radius 1 is 1.41 bits per heavy atom.